The van der Waals surface area contributed by atoms with Crippen molar-refractivity contribution in [3.05, 3.63) is 29.3 Å². The molecule has 1 aromatic rings. The minimum absolute atomic E-state index is 0.141. The van der Waals surface area contributed by atoms with Crippen molar-refractivity contribution < 1.29 is 4.74 Å². The van der Waals surface area contributed by atoms with Crippen molar-refractivity contribution in [1.82, 2.24) is 0 Å². The smallest absolute Gasteiger partial charge is 0.114 e. The number of benzene rings is 1. The standard InChI is InChI=1S/C14H21BO/c1-5-8-14(2,3)12-9-11(10-16-4)6-7-13(12)15/h6-7,9H,5,8,10H2,1-4H3. The molecule has 0 unspecified atom stereocenters. The van der Waals surface area contributed by atoms with Gasteiger partial charge in [0.2, 0.25) is 0 Å². The highest BCUT2D eigenvalue weighted by Gasteiger charge is 2.21. The van der Waals surface area contributed by atoms with Crippen LogP contribution < -0.4 is 5.46 Å². The summed E-state index contributed by atoms with van der Waals surface area (Å²) in [7, 11) is 7.78. The molecule has 0 spiro atoms. The molecule has 0 aliphatic carbocycles. The summed E-state index contributed by atoms with van der Waals surface area (Å²) < 4.78 is 5.15. The summed E-state index contributed by atoms with van der Waals surface area (Å²) in [5.41, 5.74) is 3.46. The molecule has 1 aromatic carbocycles. The van der Waals surface area contributed by atoms with E-state index in [0.717, 1.165) is 11.9 Å². The van der Waals surface area contributed by atoms with Crippen molar-refractivity contribution in [1.29, 1.82) is 0 Å². The van der Waals surface area contributed by atoms with Gasteiger partial charge in [-0.1, -0.05) is 50.9 Å². The lowest BCUT2D eigenvalue weighted by atomic mass is 9.73. The van der Waals surface area contributed by atoms with Gasteiger partial charge in [0.1, 0.15) is 7.85 Å². The molecule has 0 aliphatic heterocycles. The van der Waals surface area contributed by atoms with Crippen LogP contribution in [0.2, 0.25) is 0 Å². The molecule has 0 saturated carbocycles. The molecule has 1 rings (SSSR count). The summed E-state index contributed by atoms with van der Waals surface area (Å²) >= 11 is 0. The van der Waals surface area contributed by atoms with Crippen LogP contribution in [0.3, 0.4) is 0 Å². The second-order valence-electron chi connectivity index (χ2n) is 4.99. The maximum absolute atomic E-state index is 6.06. The first-order valence-corrected chi connectivity index (χ1v) is 5.89. The highest BCUT2D eigenvalue weighted by atomic mass is 16.5. The monoisotopic (exact) mass is 216 g/mol. The first kappa shape index (κ1) is 13.3. The maximum Gasteiger partial charge on any atom is 0.114 e. The molecule has 0 fully saturated rings. The summed E-state index contributed by atoms with van der Waals surface area (Å²) in [6, 6.07) is 6.19. The summed E-state index contributed by atoms with van der Waals surface area (Å²) in [5, 5.41) is 0. The van der Waals surface area contributed by atoms with Crippen LogP contribution in [0.15, 0.2) is 18.2 Å². The Hall–Kier alpha value is -0.755. The fraction of sp³-hybridized carbons (Fsp3) is 0.571. The summed E-state index contributed by atoms with van der Waals surface area (Å²) in [6.45, 7) is 7.35. The zero-order chi connectivity index (χ0) is 12.2. The molecule has 0 amide bonds. The second-order valence-corrected chi connectivity index (χ2v) is 4.99. The second kappa shape index (κ2) is 5.54. The molecule has 0 bridgehead atoms. The van der Waals surface area contributed by atoms with E-state index in [4.69, 9.17) is 12.6 Å². The fourth-order valence-electron chi connectivity index (χ4n) is 2.21. The van der Waals surface area contributed by atoms with E-state index in [-0.39, 0.29) is 5.41 Å². The van der Waals surface area contributed by atoms with E-state index in [1.807, 2.05) is 12.1 Å². The number of methoxy groups -OCH3 is 1. The molecule has 0 saturated heterocycles. The fourth-order valence-corrected chi connectivity index (χ4v) is 2.21. The van der Waals surface area contributed by atoms with E-state index >= 15 is 0 Å². The van der Waals surface area contributed by atoms with E-state index in [1.54, 1.807) is 7.11 Å². The van der Waals surface area contributed by atoms with Crippen molar-refractivity contribution in [3.63, 3.8) is 0 Å². The van der Waals surface area contributed by atoms with Crippen LogP contribution in [0.1, 0.15) is 44.7 Å². The predicted octanol–water partition coefficient (Wildman–Crippen LogP) is 2.70. The van der Waals surface area contributed by atoms with Crippen LogP contribution in [0, 0.1) is 0 Å². The average molecular weight is 216 g/mol. The third kappa shape index (κ3) is 3.12. The van der Waals surface area contributed by atoms with Gasteiger partial charge in [0.05, 0.1) is 6.61 Å². The minimum atomic E-state index is 0.141. The largest absolute Gasteiger partial charge is 0.380 e. The molecule has 0 N–H and O–H groups in total. The van der Waals surface area contributed by atoms with Gasteiger partial charge < -0.3 is 4.74 Å². The van der Waals surface area contributed by atoms with Gasteiger partial charge in [-0.25, -0.2) is 0 Å². The van der Waals surface area contributed by atoms with Crippen LogP contribution in [0.5, 0.6) is 0 Å². The predicted molar refractivity (Wildman–Crippen MR) is 70.5 cm³/mol. The molecule has 0 aliphatic rings. The Morgan fingerprint density at radius 1 is 1.31 bits per heavy atom. The normalized spacial score (nSPS) is 11.8. The third-order valence-electron chi connectivity index (χ3n) is 3.03. The van der Waals surface area contributed by atoms with Crippen molar-refractivity contribution in [2.45, 2.75) is 45.6 Å². The lowest BCUT2D eigenvalue weighted by Crippen LogP contribution is -2.26. The van der Waals surface area contributed by atoms with E-state index in [2.05, 4.69) is 26.8 Å². The van der Waals surface area contributed by atoms with Crippen LogP contribution in [0.4, 0.5) is 0 Å². The van der Waals surface area contributed by atoms with Crippen molar-refractivity contribution >= 4 is 13.3 Å². The van der Waals surface area contributed by atoms with Gasteiger partial charge in [0.15, 0.2) is 0 Å². The topological polar surface area (TPSA) is 9.23 Å². The van der Waals surface area contributed by atoms with E-state index in [1.165, 1.54) is 17.5 Å². The quantitative estimate of drug-likeness (QED) is 0.687. The lowest BCUT2D eigenvalue weighted by molar-refractivity contribution is 0.184. The Kier molecular flexibility index (Phi) is 4.61. The first-order valence-electron chi connectivity index (χ1n) is 5.89. The molecule has 16 heavy (non-hydrogen) atoms. The Balaban J connectivity index is 3.05. The molecule has 0 atom stereocenters. The highest BCUT2D eigenvalue weighted by molar-refractivity contribution is 6.33. The molecular weight excluding hydrogens is 195 g/mol. The lowest BCUT2D eigenvalue weighted by Gasteiger charge is -2.27. The SMILES string of the molecule is [B]c1ccc(COC)cc1C(C)(C)CCC. The number of hydrogen-bond acceptors (Lipinski definition) is 1. The zero-order valence-corrected chi connectivity index (χ0v) is 10.8. The summed E-state index contributed by atoms with van der Waals surface area (Å²) in [6.07, 6.45) is 2.31. The van der Waals surface area contributed by atoms with Crippen molar-refractivity contribution in [2.75, 3.05) is 7.11 Å². The average Bonchev–Trinajstić information content (AvgIpc) is 2.21. The Bertz CT molecular complexity index is 345. The van der Waals surface area contributed by atoms with Gasteiger partial charge in [0.25, 0.3) is 0 Å². The molecule has 1 nitrogen and oxygen atoms in total. The van der Waals surface area contributed by atoms with Gasteiger partial charge in [-0.05, 0) is 23.0 Å². The van der Waals surface area contributed by atoms with Gasteiger partial charge in [0, 0.05) is 7.11 Å². The third-order valence-corrected chi connectivity index (χ3v) is 3.03. The maximum atomic E-state index is 6.06. The zero-order valence-electron chi connectivity index (χ0n) is 10.8. The first-order chi connectivity index (χ1) is 7.51. The molecule has 0 aromatic heterocycles. The number of rotatable bonds is 5. The van der Waals surface area contributed by atoms with Crippen LogP contribution in [-0.4, -0.2) is 15.0 Å². The molecular formula is C14H21BO. The van der Waals surface area contributed by atoms with Gasteiger partial charge in [-0.3, -0.25) is 0 Å². The Morgan fingerprint density at radius 2 is 2.00 bits per heavy atom. The van der Waals surface area contributed by atoms with E-state index in [9.17, 15) is 0 Å². The van der Waals surface area contributed by atoms with Crippen LogP contribution >= 0.6 is 0 Å². The van der Waals surface area contributed by atoms with E-state index in [0.29, 0.717) is 6.61 Å². The molecule has 2 radical (unpaired) electrons. The van der Waals surface area contributed by atoms with Gasteiger partial charge in [-0.2, -0.15) is 0 Å². The van der Waals surface area contributed by atoms with Crippen molar-refractivity contribution in [3.8, 4) is 0 Å². The van der Waals surface area contributed by atoms with Gasteiger partial charge >= 0.3 is 0 Å². The van der Waals surface area contributed by atoms with Crippen LogP contribution in [0.25, 0.3) is 0 Å². The number of ether oxygens (including phenoxy) is 1. The summed E-state index contributed by atoms with van der Waals surface area (Å²) in [5.74, 6) is 0. The van der Waals surface area contributed by atoms with Gasteiger partial charge in [-0.15, -0.1) is 0 Å². The minimum Gasteiger partial charge on any atom is -0.380 e. The molecule has 2 heteroatoms. The van der Waals surface area contributed by atoms with E-state index < -0.39 is 0 Å². The Labute approximate surface area is 101 Å². The number of hydrogen-bond donors (Lipinski definition) is 0. The van der Waals surface area contributed by atoms with Crippen LogP contribution in [-0.2, 0) is 16.8 Å². The summed E-state index contributed by atoms with van der Waals surface area (Å²) in [4.78, 5) is 0. The van der Waals surface area contributed by atoms with Crippen molar-refractivity contribution in [2.24, 2.45) is 0 Å². The molecule has 86 valence electrons. The Morgan fingerprint density at radius 3 is 2.56 bits per heavy atom. The molecule has 0 heterocycles. The highest BCUT2D eigenvalue weighted by Crippen LogP contribution is 2.27.